The van der Waals surface area contributed by atoms with Gasteiger partial charge in [-0.2, -0.15) is 0 Å². The Balaban J connectivity index is 1.75. The second-order valence-electron chi connectivity index (χ2n) is 6.25. The van der Waals surface area contributed by atoms with Crippen LogP contribution in [0.15, 0.2) is 24.3 Å². The van der Waals surface area contributed by atoms with Gasteiger partial charge in [0, 0.05) is 12.1 Å². The summed E-state index contributed by atoms with van der Waals surface area (Å²) in [6, 6.07) is 7.51. The highest BCUT2D eigenvalue weighted by atomic mass is 16.4. The van der Waals surface area contributed by atoms with E-state index in [0.717, 1.165) is 24.1 Å². The van der Waals surface area contributed by atoms with Crippen molar-refractivity contribution in [3.63, 3.8) is 0 Å². The number of para-hydroxylation sites is 1. The van der Waals surface area contributed by atoms with E-state index in [1.165, 1.54) is 4.90 Å². The quantitative estimate of drug-likeness (QED) is 0.881. The number of fused-ring (bicyclic) bond motifs is 1. The van der Waals surface area contributed by atoms with E-state index in [1.807, 2.05) is 24.3 Å². The number of carbonyl (C=O) groups excluding carboxylic acids is 2. The number of rotatable bonds is 4. The van der Waals surface area contributed by atoms with E-state index in [1.54, 1.807) is 0 Å². The van der Waals surface area contributed by atoms with Gasteiger partial charge in [-0.1, -0.05) is 31.0 Å². The normalized spacial score (nSPS) is 19.3. The van der Waals surface area contributed by atoms with Crippen molar-refractivity contribution in [2.24, 2.45) is 0 Å². The van der Waals surface area contributed by atoms with Crippen molar-refractivity contribution >= 4 is 23.5 Å². The highest BCUT2D eigenvalue weighted by Gasteiger charge is 2.43. The number of carboxylic acids is 1. The zero-order valence-corrected chi connectivity index (χ0v) is 12.9. The summed E-state index contributed by atoms with van der Waals surface area (Å²) < 4.78 is 0. The van der Waals surface area contributed by atoms with Crippen LogP contribution in [-0.2, 0) is 20.8 Å². The molecule has 23 heavy (non-hydrogen) atoms. The smallest absolute Gasteiger partial charge is 0.329 e. The molecule has 0 radical (unpaired) electrons. The molecule has 122 valence electrons. The SMILES string of the molecule is O=C(CN1C(=O)CCc2ccccc21)NC1(C(=O)O)CCCC1. The molecular weight excluding hydrogens is 296 g/mol. The second-order valence-corrected chi connectivity index (χ2v) is 6.25. The fraction of sp³-hybridized carbons (Fsp3) is 0.471. The van der Waals surface area contributed by atoms with Crippen molar-refractivity contribution in [1.82, 2.24) is 5.32 Å². The van der Waals surface area contributed by atoms with Gasteiger partial charge in [0.2, 0.25) is 11.8 Å². The van der Waals surface area contributed by atoms with Gasteiger partial charge in [0.1, 0.15) is 12.1 Å². The van der Waals surface area contributed by atoms with Crippen molar-refractivity contribution in [2.75, 3.05) is 11.4 Å². The first-order chi connectivity index (χ1) is 11.0. The van der Waals surface area contributed by atoms with E-state index in [2.05, 4.69) is 5.32 Å². The third-order valence-electron chi connectivity index (χ3n) is 4.74. The summed E-state index contributed by atoms with van der Waals surface area (Å²) in [6.45, 7) is -0.134. The monoisotopic (exact) mass is 316 g/mol. The largest absolute Gasteiger partial charge is 0.480 e. The predicted octanol–water partition coefficient (Wildman–Crippen LogP) is 1.48. The summed E-state index contributed by atoms with van der Waals surface area (Å²) in [5, 5.41) is 12.1. The van der Waals surface area contributed by atoms with Gasteiger partial charge in [0.15, 0.2) is 0 Å². The third kappa shape index (κ3) is 2.93. The van der Waals surface area contributed by atoms with E-state index in [4.69, 9.17) is 0 Å². The van der Waals surface area contributed by atoms with Crippen LogP contribution in [0.4, 0.5) is 5.69 Å². The molecular formula is C17H20N2O4. The lowest BCUT2D eigenvalue weighted by Gasteiger charge is -2.31. The Hall–Kier alpha value is -2.37. The van der Waals surface area contributed by atoms with Crippen LogP contribution in [0.5, 0.6) is 0 Å². The average molecular weight is 316 g/mol. The van der Waals surface area contributed by atoms with Crippen molar-refractivity contribution in [3.8, 4) is 0 Å². The molecule has 0 unspecified atom stereocenters. The molecule has 0 spiro atoms. The van der Waals surface area contributed by atoms with Gasteiger partial charge in [-0.05, 0) is 30.9 Å². The Kier molecular flexibility index (Phi) is 4.07. The zero-order valence-electron chi connectivity index (χ0n) is 12.9. The number of nitrogens with one attached hydrogen (secondary N) is 1. The van der Waals surface area contributed by atoms with Gasteiger partial charge in [-0.3, -0.25) is 9.59 Å². The minimum atomic E-state index is -1.17. The topological polar surface area (TPSA) is 86.7 Å². The lowest BCUT2D eigenvalue weighted by Crippen LogP contribution is -2.55. The molecule has 1 aromatic rings. The Labute approximate surface area is 134 Å². The summed E-state index contributed by atoms with van der Waals surface area (Å²) >= 11 is 0. The molecule has 6 nitrogen and oxygen atoms in total. The molecule has 1 aliphatic heterocycles. The maximum absolute atomic E-state index is 12.4. The molecule has 3 rings (SSSR count). The highest BCUT2D eigenvalue weighted by molar-refractivity contribution is 6.01. The average Bonchev–Trinajstić information content (AvgIpc) is 3.00. The van der Waals surface area contributed by atoms with Crippen LogP contribution in [0.1, 0.15) is 37.7 Å². The van der Waals surface area contributed by atoms with Gasteiger partial charge in [0.05, 0.1) is 0 Å². The van der Waals surface area contributed by atoms with Crippen molar-refractivity contribution in [3.05, 3.63) is 29.8 Å². The van der Waals surface area contributed by atoms with Gasteiger partial charge >= 0.3 is 5.97 Å². The molecule has 2 N–H and O–H groups in total. The lowest BCUT2D eigenvalue weighted by atomic mass is 9.97. The molecule has 1 heterocycles. The zero-order chi connectivity index (χ0) is 16.4. The molecule has 1 saturated carbocycles. The summed E-state index contributed by atoms with van der Waals surface area (Å²) in [7, 11) is 0. The minimum Gasteiger partial charge on any atom is -0.480 e. The summed E-state index contributed by atoms with van der Waals surface area (Å²) in [6.07, 6.45) is 3.51. The molecule has 0 saturated heterocycles. The van der Waals surface area contributed by atoms with E-state index in [9.17, 15) is 19.5 Å². The molecule has 1 aromatic carbocycles. The number of hydrogen-bond acceptors (Lipinski definition) is 3. The third-order valence-corrected chi connectivity index (χ3v) is 4.74. The van der Waals surface area contributed by atoms with Gasteiger partial charge in [0.25, 0.3) is 0 Å². The summed E-state index contributed by atoms with van der Waals surface area (Å²) in [5.41, 5.74) is 0.610. The van der Waals surface area contributed by atoms with Crippen molar-refractivity contribution in [2.45, 2.75) is 44.1 Å². The molecule has 1 aliphatic carbocycles. The van der Waals surface area contributed by atoms with Crippen LogP contribution in [0, 0.1) is 0 Å². The van der Waals surface area contributed by atoms with Crippen LogP contribution >= 0.6 is 0 Å². The first-order valence-corrected chi connectivity index (χ1v) is 7.94. The first kappa shape index (κ1) is 15.5. The fourth-order valence-corrected chi connectivity index (χ4v) is 3.49. The van der Waals surface area contributed by atoms with E-state index in [0.29, 0.717) is 25.7 Å². The summed E-state index contributed by atoms with van der Waals surface area (Å²) in [4.78, 5) is 37.5. The van der Waals surface area contributed by atoms with Crippen LogP contribution in [0.3, 0.4) is 0 Å². The van der Waals surface area contributed by atoms with Crippen LogP contribution in [-0.4, -0.2) is 35.0 Å². The minimum absolute atomic E-state index is 0.102. The van der Waals surface area contributed by atoms with Crippen molar-refractivity contribution < 1.29 is 19.5 Å². The molecule has 0 aromatic heterocycles. The predicted molar refractivity (Wildman–Crippen MR) is 84.1 cm³/mol. The van der Waals surface area contributed by atoms with E-state index >= 15 is 0 Å². The van der Waals surface area contributed by atoms with Crippen molar-refractivity contribution in [1.29, 1.82) is 0 Å². The highest BCUT2D eigenvalue weighted by Crippen LogP contribution is 2.31. The number of hydrogen-bond donors (Lipinski definition) is 2. The molecule has 1 fully saturated rings. The number of aryl methyl sites for hydroxylation is 1. The van der Waals surface area contributed by atoms with E-state index in [-0.39, 0.29) is 12.5 Å². The Bertz CT molecular complexity index is 650. The number of anilines is 1. The number of carboxylic acid groups (broad SMARTS) is 1. The lowest BCUT2D eigenvalue weighted by molar-refractivity contribution is -0.147. The maximum Gasteiger partial charge on any atom is 0.329 e. The molecule has 0 atom stereocenters. The standard InChI is InChI=1S/C17H20N2O4/c20-14(18-17(16(22)23)9-3-4-10-17)11-19-13-6-2-1-5-12(13)7-8-15(19)21/h1-2,5-6H,3-4,7-11H2,(H,18,20)(H,22,23). The van der Waals surface area contributed by atoms with Gasteiger partial charge in [-0.15, -0.1) is 0 Å². The number of aliphatic carboxylic acids is 1. The number of amides is 2. The molecule has 6 heteroatoms. The molecule has 2 aliphatic rings. The van der Waals surface area contributed by atoms with Gasteiger partial charge < -0.3 is 15.3 Å². The number of nitrogens with zero attached hydrogens (tertiary/aromatic N) is 1. The first-order valence-electron chi connectivity index (χ1n) is 7.94. The second kappa shape index (κ2) is 6.02. The van der Waals surface area contributed by atoms with Crippen LogP contribution in [0.2, 0.25) is 0 Å². The maximum atomic E-state index is 12.4. The summed E-state index contributed by atoms with van der Waals surface area (Å²) in [5.74, 6) is -1.51. The Morgan fingerprint density at radius 1 is 1.17 bits per heavy atom. The Morgan fingerprint density at radius 2 is 1.87 bits per heavy atom. The fourth-order valence-electron chi connectivity index (χ4n) is 3.49. The van der Waals surface area contributed by atoms with E-state index < -0.39 is 17.4 Å². The van der Waals surface area contributed by atoms with Crippen LogP contribution < -0.4 is 10.2 Å². The number of carbonyl (C=O) groups is 3. The molecule has 2 amide bonds. The number of benzene rings is 1. The van der Waals surface area contributed by atoms with Gasteiger partial charge in [-0.25, -0.2) is 4.79 Å². The molecule has 0 bridgehead atoms. The van der Waals surface area contributed by atoms with Crippen LogP contribution in [0.25, 0.3) is 0 Å². The Morgan fingerprint density at radius 3 is 2.57 bits per heavy atom.